The number of amides is 1. The molecule has 0 bridgehead atoms. The lowest BCUT2D eigenvalue weighted by atomic mass is 10.1. The number of carbonyl (C=O) groups is 1. The lowest BCUT2D eigenvalue weighted by Crippen LogP contribution is -2.32. The molecule has 7 heteroatoms. The quantitative estimate of drug-likeness (QED) is 0.766. The Kier molecular flexibility index (Phi) is 6.45. The first kappa shape index (κ1) is 19.3. The van der Waals surface area contributed by atoms with Crippen LogP contribution >= 0.6 is 11.6 Å². The highest BCUT2D eigenvalue weighted by atomic mass is 35.5. The standard InChI is InChI=1S/C18H21ClN2O3S/c1-3-13(2)20-18(22)16-6-4-5-7-17(16)21-25(23,24)12-14-8-10-15(19)11-9-14/h4-11,13,21H,3,12H2,1-2H3,(H,20,22). The van der Waals surface area contributed by atoms with Crippen LogP contribution in [0.15, 0.2) is 48.5 Å². The number of hydrogen-bond acceptors (Lipinski definition) is 3. The highest BCUT2D eigenvalue weighted by Crippen LogP contribution is 2.19. The van der Waals surface area contributed by atoms with E-state index in [0.717, 1.165) is 6.42 Å². The van der Waals surface area contributed by atoms with Crippen LogP contribution in [0.1, 0.15) is 36.2 Å². The molecule has 1 atom stereocenters. The molecule has 0 heterocycles. The summed E-state index contributed by atoms with van der Waals surface area (Å²) in [7, 11) is -3.66. The molecule has 0 aromatic heterocycles. The minimum Gasteiger partial charge on any atom is -0.350 e. The zero-order valence-electron chi connectivity index (χ0n) is 14.1. The molecule has 2 N–H and O–H groups in total. The van der Waals surface area contributed by atoms with Crippen LogP contribution in [-0.4, -0.2) is 20.4 Å². The Hall–Kier alpha value is -2.05. The van der Waals surface area contributed by atoms with Crippen LogP contribution in [0.3, 0.4) is 0 Å². The normalized spacial score (nSPS) is 12.4. The molecule has 0 saturated heterocycles. The molecule has 25 heavy (non-hydrogen) atoms. The monoisotopic (exact) mass is 380 g/mol. The molecule has 1 amide bonds. The van der Waals surface area contributed by atoms with E-state index in [1.54, 1.807) is 48.5 Å². The van der Waals surface area contributed by atoms with E-state index in [4.69, 9.17) is 11.6 Å². The zero-order chi connectivity index (χ0) is 18.4. The number of rotatable bonds is 7. The second-order valence-electron chi connectivity index (χ2n) is 5.82. The molecule has 5 nitrogen and oxygen atoms in total. The molecule has 2 aromatic carbocycles. The summed E-state index contributed by atoms with van der Waals surface area (Å²) in [5.74, 6) is -0.509. The fourth-order valence-corrected chi connectivity index (χ4v) is 3.52. The molecule has 0 spiro atoms. The van der Waals surface area contributed by atoms with Crippen molar-refractivity contribution in [2.24, 2.45) is 0 Å². The Morgan fingerprint density at radius 1 is 1.12 bits per heavy atom. The van der Waals surface area contributed by atoms with Gasteiger partial charge in [0, 0.05) is 11.1 Å². The number of nitrogens with one attached hydrogen (secondary N) is 2. The Morgan fingerprint density at radius 3 is 2.40 bits per heavy atom. The van der Waals surface area contributed by atoms with E-state index >= 15 is 0 Å². The van der Waals surface area contributed by atoms with Crippen LogP contribution in [0, 0.1) is 0 Å². The average molecular weight is 381 g/mol. The number of halogens is 1. The summed E-state index contributed by atoms with van der Waals surface area (Å²) in [6.45, 7) is 3.86. The fourth-order valence-electron chi connectivity index (χ4n) is 2.18. The van der Waals surface area contributed by atoms with Crippen LogP contribution < -0.4 is 10.0 Å². The van der Waals surface area contributed by atoms with E-state index in [2.05, 4.69) is 10.0 Å². The van der Waals surface area contributed by atoms with Crippen molar-refractivity contribution in [2.75, 3.05) is 4.72 Å². The third-order valence-corrected chi connectivity index (χ3v) is 5.19. The molecule has 2 aromatic rings. The minimum absolute atomic E-state index is 0.00577. The average Bonchev–Trinajstić information content (AvgIpc) is 2.56. The maximum atomic E-state index is 12.4. The Balaban J connectivity index is 2.18. The van der Waals surface area contributed by atoms with Gasteiger partial charge in [-0.3, -0.25) is 9.52 Å². The number of anilines is 1. The van der Waals surface area contributed by atoms with Crippen molar-refractivity contribution in [3.8, 4) is 0 Å². The molecule has 0 aliphatic heterocycles. The van der Waals surface area contributed by atoms with Crippen LogP contribution in [0.25, 0.3) is 0 Å². The van der Waals surface area contributed by atoms with Crippen LogP contribution in [0.4, 0.5) is 5.69 Å². The molecular weight excluding hydrogens is 360 g/mol. The topological polar surface area (TPSA) is 75.3 Å². The summed E-state index contributed by atoms with van der Waals surface area (Å²) in [6.07, 6.45) is 0.788. The summed E-state index contributed by atoms with van der Waals surface area (Å²) < 4.78 is 27.4. The molecule has 1 unspecified atom stereocenters. The Labute approximate surface area is 153 Å². The third-order valence-electron chi connectivity index (χ3n) is 3.70. The van der Waals surface area contributed by atoms with Crippen LogP contribution in [0.5, 0.6) is 0 Å². The van der Waals surface area contributed by atoms with Crippen molar-refractivity contribution < 1.29 is 13.2 Å². The van der Waals surface area contributed by atoms with E-state index in [-0.39, 0.29) is 23.4 Å². The highest BCUT2D eigenvalue weighted by Gasteiger charge is 2.18. The Morgan fingerprint density at radius 2 is 1.76 bits per heavy atom. The summed E-state index contributed by atoms with van der Waals surface area (Å²) in [4.78, 5) is 12.4. The maximum Gasteiger partial charge on any atom is 0.253 e. The van der Waals surface area contributed by atoms with Gasteiger partial charge < -0.3 is 5.32 Å². The van der Waals surface area contributed by atoms with Crippen LogP contribution in [0.2, 0.25) is 5.02 Å². The van der Waals surface area contributed by atoms with E-state index in [0.29, 0.717) is 16.1 Å². The minimum atomic E-state index is -3.66. The molecule has 0 radical (unpaired) electrons. The van der Waals surface area contributed by atoms with Crippen molar-refractivity contribution in [1.29, 1.82) is 0 Å². The largest absolute Gasteiger partial charge is 0.350 e. The maximum absolute atomic E-state index is 12.4. The first-order chi connectivity index (χ1) is 11.8. The van der Waals surface area contributed by atoms with Gasteiger partial charge in [0.15, 0.2) is 0 Å². The summed E-state index contributed by atoms with van der Waals surface area (Å²) in [5, 5.41) is 3.38. The summed E-state index contributed by atoms with van der Waals surface area (Å²) in [6, 6.07) is 13.1. The van der Waals surface area contributed by atoms with Gasteiger partial charge in [-0.1, -0.05) is 42.8 Å². The molecule has 134 valence electrons. The number of hydrogen-bond donors (Lipinski definition) is 2. The summed E-state index contributed by atoms with van der Waals surface area (Å²) >= 11 is 5.81. The number of benzene rings is 2. The SMILES string of the molecule is CCC(C)NC(=O)c1ccccc1NS(=O)(=O)Cc1ccc(Cl)cc1. The molecular formula is C18H21ClN2O3S. The van der Waals surface area contributed by atoms with Gasteiger partial charge in [-0.2, -0.15) is 0 Å². The van der Waals surface area contributed by atoms with Crippen molar-refractivity contribution in [1.82, 2.24) is 5.32 Å². The van der Waals surface area contributed by atoms with E-state index < -0.39 is 10.0 Å². The fraction of sp³-hybridized carbons (Fsp3) is 0.278. The zero-order valence-corrected chi connectivity index (χ0v) is 15.7. The smallest absolute Gasteiger partial charge is 0.253 e. The van der Waals surface area contributed by atoms with Crippen molar-refractivity contribution in [3.05, 3.63) is 64.7 Å². The molecule has 0 saturated carbocycles. The van der Waals surface area contributed by atoms with E-state index in [1.807, 2.05) is 13.8 Å². The van der Waals surface area contributed by atoms with Gasteiger partial charge in [-0.25, -0.2) is 8.42 Å². The summed E-state index contributed by atoms with van der Waals surface area (Å²) in [5.41, 5.74) is 1.16. The van der Waals surface area contributed by atoms with Gasteiger partial charge in [0.25, 0.3) is 5.91 Å². The molecule has 0 aliphatic carbocycles. The van der Waals surface area contributed by atoms with Crippen LogP contribution in [-0.2, 0) is 15.8 Å². The van der Waals surface area contributed by atoms with Crippen molar-refractivity contribution in [3.63, 3.8) is 0 Å². The lowest BCUT2D eigenvalue weighted by molar-refractivity contribution is 0.0940. The number of carbonyl (C=O) groups excluding carboxylic acids is 1. The van der Waals surface area contributed by atoms with Gasteiger partial charge >= 0.3 is 0 Å². The highest BCUT2D eigenvalue weighted by molar-refractivity contribution is 7.91. The molecule has 0 aliphatic rings. The van der Waals surface area contributed by atoms with Gasteiger partial charge in [-0.15, -0.1) is 0 Å². The van der Waals surface area contributed by atoms with E-state index in [9.17, 15) is 13.2 Å². The first-order valence-electron chi connectivity index (χ1n) is 7.95. The van der Waals surface area contributed by atoms with Crippen molar-refractivity contribution in [2.45, 2.75) is 32.1 Å². The number of sulfonamides is 1. The Bertz CT molecular complexity index is 836. The van der Waals surface area contributed by atoms with E-state index in [1.165, 1.54) is 0 Å². The third kappa shape index (κ3) is 5.76. The second kappa shape index (κ2) is 8.36. The van der Waals surface area contributed by atoms with Crippen molar-refractivity contribution >= 4 is 33.2 Å². The molecule has 2 rings (SSSR count). The molecule has 0 fully saturated rings. The first-order valence-corrected chi connectivity index (χ1v) is 9.98. The van der Waals surface area contributed by atoms with Gasteiger partial charge in [0.05, 0.1) is 17.0 Å². The second-order valence-corrected chi connectivity index (χ2v) is 7.97. The number of para-hydroxylation sites is 1. The van der Waals surface area contributed by atoms with Gasteiger partial charge in [0.1, 0.15) is 0 Å². The predicted octanol–water partition coefficient (Wildman–Crippen LogP) is 3.81. The predicted molar refractivity (Wildman–Crippen MR) is 101 cm³/mol. The van der Waals surface area contributed by atoms with Gasteiger partial charge in [-0.05, 0) is 43.2 Å². The lowest BCUT2D eigenvalue weighted by Gasteiger charge is -2.15. The van der Waals surface area contributed by atoms with Gasteiger partial charge in [0.2, 0.25) is 10.0 Å².